The van der Waals surface area contributed by atoms with E-state index in [0.717, 1.165) is 22.5 Å². The number of nitrogens with one attached hydrogen (secondary N) is 1. The van der Waals surface area contributed by atoms with Gasteiger partial charge in [0, 0.05) is 35.4 Å². The molecule has 1 saturated carbocycles. The van der Waals surface area contributed by atoms with Gasteiger partial charge in [-0.05, 0) is 48.4 Å². The zero-order valence-electron chi connectivity index (χ0n) is 16.9. The molecule has 31 heavy (non-hydrogen) atoms. The summed E-state index contributed by atoms with van der Waals surface area (Å²) in [4.78, 5) is 43.3. The standard InChI is InChI=1S/C25H21N3O3/c29-22-10-9-21(24(30)27-22)28-13-17-11-16(7-8-19(17)25(28)31)20-12-15-3-1-2-4-18(15)23(26-20)14-5-6-14/h1-4,7-8,11-12,14,21H,5-6,9-10,13H2,(H,27,29,30). The van der Waals surface area contributed by atoms with Crippen molar-refractivity contribution in [3.63, 3.8) is 0 Å². The monoisotopic (exact) mass is 411 g/mol. The summed E-state index contributed by atoms with van der Waals surface area (Å²) >= 11 is 0. The molecule has 2 aromatic carbocycles. The summed E-state index contributed by atoms with van der Waals surface area (Å²) in [6.45, 7) is 0.372. The molecule has 3 aliphatic rings. The predicted molar refractivity (Wildman–Crippen MR) is 115 cm³/mol. The molecule has 2 aliphatic heterocycles. The lowest BCUT2D eigenvalue weighted by Gasteiger charge is -2.29. The fraction of sp³-hybridized carbons (Fsp3) is 0.280. The van der Waals surface area contributed by atoms with E-state index in [1.807, 2.05) is 24.3 Å². The summed E-state index contributed by atoms with van der Waals surface area (Å²) in [7, 11) is 0. The number of hydrogen-bond acceptors (Lipinski definition) is 4. The van der Waals surface area contributed by atoms with Gasteiger partial charge in [0.2, 0.25) is 11.8 Å². The van der Waals surface area contributed by atoms with Crippen LogP contribution in [0.15, 0.2) is 48.5 Å². The van der Waals surface area contributed by atoms with Crippen molar-refractivity contribution in [2.45, 2.75) is 44.2 Å². The van der Waals surface area contributed by atoms with Crippen LogP contribution in [0.1, 0.15) is 53.2 Å². The number of benzene rings is 2. The molecule has 0 radical (unpaired) electrons. The van der Waals surface area contributed by atoms with E-state index in [1.165, 1.54) is 23.6 Å². The smallest absolute Gasteiger partial charge is 0.255 e. The molecule has 0 spiro atoms. The second-order valence-corrected chi connectivity index (χ2v) is 8.66. The van der Waals surface area contributed by atoms with E-state index in [1.54, 1.807) is 4.90 Å². The lowest BCUT2D eigenvalue weighted by molar-refractivity contribution is -0.136. The van der Waals surface area contributed by atoms with Crippen LogP contribution in [0.4, 0.5) is 0 Å². The van der Waals surface area contributed by atoms with E-state index in [9.17, 15) is 14.4 Å². The molecule has 1 unspecified atom stereocenters. The maximum Gasteiger partial charge on any atom is 0.255 e. The van der Waals surface area contributed by atoms with Crippen LogP contribution in [0.25, 0.3) is 22.0 Å². The number of rotatable bonds is 3. The van der Waals surface area contributed by atoms with E-state index in [-0.39, 0.29) is 24.1 Å². The first kappa shape index (κ1) is 18.2. The fourth-order valence-corrected chi connectivity index (χ4v) is 4.78. The van der Waals surface area contributed by atoms with Crippen LogP contribution in [0.2, 0.25) is 0 Å². The van der Waals surface area contributed by atoms with Gasteiger partial charge in [-0.25, -0.2) is 0 Å². The van der Waals surface area contributed by atoms with Crippen LogP contribution in [0.3, 0.4) is 0 Å². The molecule has 3 amide bonds. The summed E-state index contributed by atoms with van der Waals surface area (Å²) in [5.41, 5.74) is 4.57. The molecule has 6 heteroatoms. The van der Waals surface area contributed by atoms with Crippen LogP contribution in [-0.4, -0.2) is 33.6 Å². The summed E-state index contributed by atoms with van der Waals surface area (Å²) in [6, 6.07) is 15.7. The van der Waals surface area contributed by atoms with Crippen molar-refractivity contribution in [1.29, 1.82) is 0 Å². The van der Waals surface area contributed by atoms with Crippen LogP contribution in [0.5, 0.6) is 0 Å². The van der Waals surface area contributed by atoms with E-state index in [0.29, 0.717) is 24.4 Å². The Balaban J connectivity index is 1.36. The van der Waals surface area contributed by atoms with Gasteiger partial charge < -0.3 is 4.90 Å². The quantitative estimate of drug-likeness (QED) is 0.669. The molecule has 1 N–H and O–H groups in total. The van der Waals surface area contributed by atoms with Gasteiger partial charge in [0.15, 0.2) is 0 Å². The van der Waals surface area contributed by atoms with Gasteiger partial charge in [-0.1, -0.05) is 30.3 Å². The molecule has 1 aromatic heterocycles. The SMILES string of the molecule is O=C1CCC(N2Cc3cc(-c4cc5ccccc5c(C5CC5)n4)ccc3C2=O)C(=O)N1. The molecule has 1 aliphatic carbocycles. The molecule has 154 valence electrons. The Morgan fingerprint density at radius 1 is 0.968 bits per heavy atom. The van der Waals surface area contributed by atoms with E-state index >= 15 is 0 Å². The number of pyridine rings is 1. The maximum atomic E-state index is 12.9. The van der Waals surface area contributed by atoms with Crippen LogP contribution in [-0.2, 0) is 16.1 Å². The van der Waals surface area contributed by atoms with Gasteiger partial charge in [0.05, 0.1) is 11.4 Å². The van der Waals surface area contributed by atoms with E-state index in [4.69, 9.17) is 4.98 Å². The van der Waals surface area contributed by atoms with Crippen molar-refractivity contribution in [3.8, 4) is 11.3 Å². The van der Waals surface area contributed by atoms with Gasteiger partial charge in [-0.2, -0.15) is 0 Å². The molecule has 1 saturated heterocycles. The third-order valence-electron chi connectivity index (χ3n) is 6.55. The molecule has 1 atom stereocenters. The van der Waals surface area contributed by atoms with Gasteiger partial charge in [0.1, 0.15) is 6.04 Å². The van der Waals surface area contributed by atoms with Crippen LogP contribution in [0, 0.1) is 0 Å². The number of hydrogen-bond donors (Lipinski definition) is 1. The normalized spacial score (nSPS) is 20.8. The molecule has 2 fully saturated rings. The first-order chi connectivity index (χ1) is 15.1. The minimum Gasteiger partial charge on any atom is -0.322 e. The summed E-state index contributed by atoms with van der Waals surface area (Å²) < 4.78 is 0. The Bertz CT molecular complexity index is 1280. The third kappa shape index (κ3) is 3.02. The minimum absolute atomic E-state index is 0.152. The second kappa shape index (κ2) is 6.74. The lowest BCUT2D eigenvalue weighted by atomic mass is 10.0. The van der Waals surface area contributed by atoms with Crippen molar-refractivity contribution >= 4 is 28.5 Å². The van der Waals surface area contributed by atoms with Crippen molar-refractivity contribution in [2.24, 2.45) is 0 Å². The van der Waals surface area contributed by atoms with Gasteiger partial charge in [0.25, 0.3) is 5.91 Å². The van der Waals surface area contributed by atoms with Crippen molar-refractivity contribution in [1.82, 2.24) is 15.2 Å². The predicted octanol–water partition coefficient (Wildman–Crippen LogP) is 3.54. The first-order valence-electron chi connectivity index (χ1n) is 10.8. The average Bonchev–Trinajstić information content (AvgIpc) is 3.57. The highest BCUT2D eigenvalue weighted by atomic mass is 16.2. The fourth-order valence-electron chi connectivity index (χ4n) is 4.78. The molecule has 3 heterocycles. The van der Waals surface area contributed by atoms with Crippen molar-refractivity contribution in [3.05, 3.63) is 65.4 Å². The van der Waals surface area contributed by atoms with Gasteiger partial charge in [-0.3, -0.25) is 24.7 Å². The molecule has 6 rings (SSSR count). The Morgan fingerprint density at radius 2 is 1.81 bits per heavy atom. The van der Waals surface area contributed by atoms with Gasteiger partial charge in [-0.15, -0.1) is 0 Å². The van der Waals surface area contributed by atoms with E-state index < -0.39 is 6.04 Å². The first-order valence-corrected chi connectivity index (χ1v) is 10.8. The van der Waals surface area contributed by atoms with Gasteiger partial charge >= 0.3 is 0 Å². The summed E-state index contributed by atoms with van der Waals surface area (Å²) in [5, 5.41) is 4.74. The Labute approximate surface area is 179 Å². The molecule has 6 nitrogen and oxygen atoms in total. The Kier molecular flexibility index (Phi) is 3.96. The zero-order valence-corrected chi connectivity index (χ0v) is 16.9. The molecule has 3 aromatic rings. The molecular formula is C25H21N3O3. The van der Waals surface area contributed by atoms with E-state index in [2.05, 4.69) is 29.6 Å². The largest absolute Gasteiger partial charge is 0.322 e. The molecule has 0 bridgehead atoms. The van der Waals surface area contributed by atoms with Crippen LogP contribution < -0.4 is 5.32 Å². The lowest BCUT2D eigenvalue weighted by Crippen LogP contribution is -2.52. The topological polar surface area (TPSA) is 79.4 Å². The Hall–Kier alpha value is -3.54. The molecular weight excluding hydrogens is 390 g/mol. The second-order valence-electron chi connectivity index (χ2n) is 8.66. The number of piperidine rings is 1. The highest BCUT2D eigenvalue weighted by molar-refractivity contribution is 6.05. The Morgan fingerprint density at radius 3 is 2.61 bits per heavy atom. The number of imide groups is 1. The number of carbonyl (C=O) groups is 3. The number of amides is 3. The minimum atomic E-state index is -0.596. The maximum absolute atomic E-state index is 12.9. The number of nitrogens with zero attached hydrogens (tertiary/aromatic N) is 2. The average molecular weight is 411 g/mol. The zero-order chi connectivity index (χ0) is 21.1. The number of aromatic nitrogens is 1. The summed E-state index contributed by atoms with van der Waals surface area (Å²) in [6.07, 6.45) is 2.99. The van der Waals surface area contributed by atoms with Crippen molar-refractivity contribution < 1.29 is 14.4 Å². The highest BCUT2D eigenvalue weighted by Gasteiger charge is 2.39. The number of carbonyl (C=O) groups excluding carboxylic acids is 3. The van der Waals surface area contributed by atoms with Crippen LogP contribution >= 0.6 is 0 Å². The summed E-state index contributed by atoms with van der Waals surface area (Å²) in [5.74, 6) is -0.283. The van der Waals surface area contributed by atoms with Crippen molar-refractivity contribution in [2.75, 3.05) is 0 Å². The number of fused-ring (bicyclic) bond motifs is 2. The highest BCUT2D eigenvalue weighted by Crippen LogP contribution is 2.43. The third-order valence-corrected chi connectivity index (χ3v) is 6.55.